The third-order valence-electron chi connectivity index (χ3n) is 9.98. The summed E-state index contributed by atoms with van der Waals surface area (Å²) in [5, 5.41) is 20.3. The molecule has 0 radical (unpaired) electrons. The summed E-state index contributed by atoms with van der Waals surface area (Å²) < 4.78 is 49.6. The number of aromatic nitrogens is 3. The number of hydrogen-bond acceptors (Lipinski definition) is 12. The zero-order chi connectivity index (χ0) is 42.0. The van der Waals surface area contributed by atoms with E-state index < -0.39 is 20.0 Å². The Hall–Kier alpha value is -3.75. The van der Waals surface area contributed by atoms with Crippen molar-refractivity contribution in [1.29, 1.82) is 10.5 Å². The average molecular weight is 827 g/mol. The molecule has 58 heavy (non-hydrogen) atoms. The number of phosphoric ester groups is 1. The largest absolute Gasteiger partial charge is 0.489 e. The van der Waals surface area contributed by atoms with Crippen LogP contribution in [0.4, 0.5) is 5.82 Å². The molecule has 1 fully saturated rings. The van der Waals surface area contributed by atoms with E-state index in [9.17, 15) is 14.7 Å². The molecule has 1 aliphatic heterocycles. The second-order valence-electron chi connectivity index (χ2n) is 15.1. The summed E-state index contributed by atoms with van der Waals surface area (Å²) >= 11 is 0. The van der Waals surface area contributed by atoms with Gasteiger partial charge in [0.25, 0.3) is 0 Å². The number of ether oxygens (including phenoxy) is 4. The van der Waals surface area contributed by atoms with Crippen LogP contribution in [-0.4, -0.2) is 64.2 Å². The highest BCUT2D eigenvalue weighted by Gasteiger charge is 2.32. The Morgan fingerprint density at radius 1 is 0.914 bits per heavy atom. The highest BCUT2D eigenvalue weighted by molar-refractivity contribution is 7.47. The maximum absolute atomic E-state index is 13.0. The van der Waals surface area contributed by atoms with E-state index in [-0.39, 0.29) is 32.0 Å². The first kappa shape index (κ1) is 48.6. The van der Waals surface area contributed by atoms with Gasteiger partial charge in [-0.15, -0.1) is 0 Å². The van der Waals surface area contributed by atoms with Crippen LogP contribution in [-0.2, 0) is 23.1 Å². The lowest BCUT2D eigenvalue weighted by molar-refractivity contribution is -0.00583. The number of unbranched alkanes of at least 4 members (excludes halogenated alkanes) is 15. The van der Waals surface area contributed by atoms with E-state index in [1.165, 1.54) is 96.2 Å². The topological polar surface area (TPSA) is 196 Å². The number of phosphoric acid groups is 1. The van der Waals surface area contributed by atoms with Gasteiger partial charge in [0.1, 0.15) is 41.6 Å². The zero-order valence-electron chi connectivity index (χ0n) is 35.0. The number of hydrogen-bond donors (Lipinski definition) is 2. The van der Waals surface area contributed by atoms with Crippen LogP contribution < -0.4 is 15.2 Å². The first-order chi connectivity index (χ1) is 28.2. The van der Waals surface area contributed by atoms with Crippen molar-refractivity contribution >= 4 is 19.2 Å². The van der Waals surface area contributed by atoms with Crippen LogP contribution in [0.15, 0.2) is 36.7 Å². The fraction of sp³-hybridized carbons (Fsp3) is 0.674. The summed E-state index contributed by atoms with van der Waals surface area (Å²) in [4.78, 5) is 14.6. The van der Waals surface area contributed by atoms with Crippen molar-refractivity contribution in [3.8, 4) is 24.1 Å². The van der Waals surface area contributed by atoms with Gasteiger partial charge in [-0.1, -0.05) is 103 Å². The van der Waals surface area contributed by atoms with Crippen molar-refractivity contribution in [3.63, 3.8) is 0 Å². The number of nitrogen functional groups attached to an aromatic ring is 1. The second-order valence-corrected chi connectivity index (χ2v) is 16.6. The quantitative estimate of drug-likeness (QED) is 0.0476. The van der Waals surface area contributed by atoms with Gasteiger partial charge in [-0.25, -0.2) is 19.3 Å². The summed E-state index contributed by atoms with van der Waals surface area (Å²) in [6, 6.07) is 10.8. The molecule has 1 aromatic carbocycles. The molecule has 0 spiro atoms. The van der Waals surface area contributed by atoms with Gasteiger partial charge in [0.15, 0.2) is 5.82 Å². The fourth-order valence-electron chi connectivity index (χ4n) is 6.95. The number of fused-ring (bicyclic) bond motifs is 1. The van der Waals surface area contributed by atoms with Crippen molar-refractivity contribution in [2.75, 3.05) is 32.2 Å². The number of nitrogens with two attached hydrogens (primary N) is 1. The summed E-state index contributed by atoms with van der Waals surface area (Å²) in [6.07, 6.45) is 21.9. The van der Waals surface area contributed by atoms with Crippen molar-refractivity contribution in [2.45, 2.75) is 161 Å². The SMILES string of the molecule is C#N.CCCCCCCCCCCCCCCCCCOCC(COP(=O)(O)OCC1CCC(c2ccc3c(N)ncnn23)O1)Oc1ccc(C#N)c(OC(C)C)c1. The van der Waals surface area contributed by atoms with Gasteiger partial charge in [-0.05, 0) is 57.4 Å². The number of benzene rings is 1. The molecule has 3 N–H and O–H groups in total. The lowest BCUT2D eigenvalue weighted by Gasteiger charge is -2.22. The molecule has 3 aromatic rings. The van der Waals surface area contributed by atoms with Gasteiger partial charge >= 0.3 is 7.82 Å². The van der Waals surface area contributed by atoms with Crippen LogP contribution in [0.1, 0.15) is 154 Å². The first-order valence-electron chi connectivity index (χ1n) is 21.3. The molecular weight excluding hydrogens is 759 g/mol. The lowest BCUT2D eigenvalue weighted by Crippen LogP contribution is -2.29. The van der Waals surface area contributed by atoms with Crippen LogP contribution >= 0.6 is 7.82 Å². The Labute approximate surface area is 345 Å². The first-order valence-corrected chi connectivity index (χ1v) is 22.7. The molecule has 0 aliphatic carbocycles. The molecule has 4 atom stereocenters. The van der Waals surface area contributed by atoms with Crippen LogP contribution in [0.2, 0.25) is 0 Å². The van der Waals surface area contributed by atoms with Gasteiger partial charge in [0.05, 0.1) is 43.3 Å². The Morgan fingerprint density at radius 3 is 2.17 bits per heavy atom. The highest BCUT2D eigenvalue weighted by atomic mass is 31.2. The number of nitriles is 2. The van der Waals surface area contributed by atoms with E-state index in [0.717, 1.165) is 18.5 Å². The lowest BCUT2D eigenvalue weighted by atomic mass is 10.0. The molecule has 0 saturated carbocycles. The van der Waals surface area contributed by atoms with Crippen LogP contribution in [0.5, 0.6) is 11.5 Å². The van der Waals surface area contributed by atoms with Crippen molar-refractivity contribution in [2.24, 2.45) is 0 Å². The average Bonchev–Trinajstić information content (AvgIpc) is 3.87. The number of rotatable bonds is 30. The molecule has 1 aliphatic rings. The number of nitrogens with zero attached hydrogens (tertiary/aromatic N) is 5. The number of anilines is 1. The molecule has 0 amide bonds. The maximum atomic E-state index is 13.0. The monoisotopic (exact) mass is 826 g/mol. The minimum Gasteiger partial charge on any atom is -0.489 e. The predicted octanol–water partition coefficient (Wildman–Crippen LogP) is 10.2. The van der Waals surface area contributed by atoms with Gasteiger partial charge < -0.3 is 29.6 Å². The normalized spacial score (nSPS) is 16.7. The fourth-order valence-corrected chi connectivity index (χ4v) is 7.73. The van der Waals surface area contributed by atoms with E-state index in [0.29, 0.717) is 47.8 Å². The van der Waals surface area contributed by atoms with Crippen molar-refractivity contribution in [1.82, 2.24) is 14.6 Å². The van der Waals surface area contributed by atoms with E-state index in [1.54, 1.807) is 22.7 Å². The Kier molecular flexibility index (Phi) is 23.3. The molecule has 4 rings (SSSR count). The Bertz CT molecular complexity index is 1700. The molecule has 15 heteroatoms. The molecule has 2 aromatic heterocycles. The Balaban J connectivity index is 0.00000443. The van der Waals surface area contributed by atoms with Crippen molar-refractivity contribution < 1.29 is 37.5 Å². The molecule has 1 saturated heterocycles. The minimum absolute atomic E-state index is 0.127. The van der Waals surface area contributed by atoms with Crippen LogP contribution in [0, 0.1) is 23.2 Å². The summed E-state index contributed by atoms with van der Waals surface area (Å²) in [5.41, 5.74) is 7.86. The highest BCUT2D eigenvalue weighted by Crippen LogP contribution is 2.45. The molecule has 322 valence electrons. The molecular formula is C43H67N6O8P. The van der Waals surface area contributed by atoms with E-state index >= 15 is 0 Å². The van der Waals surface area contributed by atoms with Crippen LogP contribution in [0.25, 0.3) is 5.52 Å². The van der Waals surface area contributed by atoms with Gasteiger partial charge in [-0.2, -0.15) is 10.4 Å². The van der Waals surface area contributed by atoms with Gasteiger partial charge in [0, 0.05) is 19.2 Å². The minimum atomic E-state index is -4.47. The molecule has 0 bridgehead atoms. The Morgan fingerprint density at radius 2 is 1.55 bits per heavy atom. The van der Waals surface area contributed by atoms with E-state index in [4.69, 9.17) is 39.0 Å². The summed E-state index contributed by atoms with van der Waals surface area (Å²) in [5.74, 6) is 1.19. The second kappa shape index (κ2) is 27.8. The molecule has 4 unspecified atom stereocenters. The third kappa shape index (κ3) is 18.0. The zero-order valence-corrected chi connectivity index (χ0v) is 35.9. The summed E-state index contributed by atoms with van der Waals surface area (Å²) in [6.45, 7) is 9.80. The van der Waals surface area contributed by atoms with Gasteiger partial charge in [-0.3, -0.25) is 9.05 Å². The predicted molar refractivity (Wildman–Crippen MR) is 224 cm³/mol. The standard InChI is InChI=1S/C42H66N5O8P.CHN/c1-4-5-6-7-8-9-10-11-12-13-14-15-16-17-18-19-26-50-29-37(54-35-21-20-34(28-43)41(27-35)53-33(2)3)31-52-56(48,49)51-30-36-22-25-40(55-36)38-23-24-39-42(44)45-32-46-47(38)39;1-2/h20-21,23-24,27,32-33,36-37,40H,4-19,22,25-26,29-31H2,1-3H3,(H,48,49)(H2,44,45,46);1H. The maximum Gasteiger partial charge on any atom is 0.472 e. The molecule has 3 heterocycles. The summed E-state index contributed by atoms with van der Waals surface area (Å²) in [7, 11) is -4.47. The smallest absolute Gasteiger partial charge is 0.472 e. The van der Waals surface area contributed by atoms with Crippen LogP contribution in [0.3, 0.4) is 0 Å². The van der Waals surface area contributed by atoms with Crippen molar-refractivity contribution in [3.05, 3.63) is 47.9 Å². The molecule has 14 nitrogen and oxygen atoms in total. The van der Waals surface area contributed by atoms with Gasteiger partial charge in [0.2, 0.25) is 0 Å². The third-order valence-corrected chi connectivity index (χ3v) is 10.9. The van der Waals surface area contributed by atoms with E-state index in [2.05, 4.69) is 29.6 Å². The van der Waals surface area contributed by atoms with E-state index in [1.807, 2.05) is 26.0 Å².